The van der Waals surface area contributed by atoms with E-state index in [0.717, 1.165) is 5.82 Å². The van der Waals surface area contributed by atoms with Crippen molar-refractivity contribution in [3.63, 3.8) is 0 Å². The van der Waals surface area contributed by atoms with Crippen LogP contribution >= 0.6 is 11.8 Å². The zero-order valence-corrected chi connectivity index (χ0v) is 20.6. The molecule has 2 amide bonds. The van der Waals surface area contributed by atoms with Crippen molar-refractivity contribution in [3.05, 3.63) is 65.5 Å². The molecule has 35 heavy (non-hydrogen) atoms. The normalized spacial score (nSPS) is 10.5. The number of anilines is 1. The Bertz CT molecular complexity index is 1180. The monoisotopic (exact) mass is 497 g/mol. The number of carbonyl (C=O) groups is 3. The number of ether oxygens (including phenoxy) is 2. The minimum Gasteiger partial charge on any atom is -0.497 e. The standard InChI is InChI=1S/C24H27N5O5S/c1-4-29-20(12-13-25-22(31)16-8-10-19(33-2)11-9-16)27-28-24(29)35-15-21(30)26-18-7-5-6-17(14-18)23(32)34-3/h5-11,14H,4,12-13,15H2,1-3H3,(H,25,31)(H,26,30). The number of methoxy groups -OCH3 is 2. The van der Waals surface area contributed by atoms with Gasteiger partial charge in [-0.15, -0.1) is 10.2 Å². The van der Waals surface area contributed by atoms with E-state index in [9.17, 15) is 14.4 Å². The largest absolute Gasteiger partial charge is 0.497 e. The van der Waals surface area contributed by atoms with E-state index < -0.39 is 5.97 Å². The van der Waals surface area contributed by atoms with Gasteiger partial charge in [0.2, 0.25) is 5.91 Å². The minimum absolute atomic E-state index is 0.120. The maximum atomic E-state index is 12.4. The van der Waals surface area contributed by atoms with Crippen LogP contribution in [0.25, 0.3) is 0 Å². The first-order chi connectivity index (χ1) is 16.9. The zero-order chi connectivity index (χ0) is 25.2. The second kappa shape index (κ2) is 12.6. The summed E-state index contributed by atoms with van der Waals surface area (Å²) in [5.74, 6) is 0.629. The minimum atomic E-state index is -0.473. The Balaban J connectivity index is 1.51. The van der Waals surface area contributed by atoms with Crippen LogP contribution in [0.2, 0.25) is 0 Å². The van der Waals surface area contributed by atoms with Gasteiger partial charge in [-0.3, -0.25) is 9.59 Å². The molecule has 0 saturated carbocycles. The van der Waals surface area contributed by atoms with E-state index in [1.807, 2.05) is 11.5 Å². The van der Waals surface area contributed by atoms with Gasteiger partial charge in [0.15, 0.2) is 5.16 Å². The van der Waals surface area contributed by atoms with Crippen molar-refractivity contribution in [1.29, 1.82) is 0 Å². The van der Waals surface area contributed by atoms with Gasteiger partial charge in [-0.05, 0) is 49.4 Å². The maximum absolute atomic E-state index is 12.4. The Hall–Kier alpha value is -3.86. The maximum Gasteiger partial charge on any atom is 0.337 e. The van der Waals surface area contributed by atoms with Crippen molar-refractivity contribution in [2.45, 2.75) is 25.0 Å². The summed E-state index contributed by atoms with van der Waals surface area (Å²) in [4.78, 5) is 36.4. The van der Waals surface area contributed by atoms with E-state index in [4.69, 9.17) is 9.47 Å². The van der Waals surface area contributed by atoms with Crippen molar-refractivity contribution in [1.82, 2.24) is 20.1 Å². The van der Waals surface area contributed by atoms with Gasteiger partial charge >= 0.3 is 5.97 Å². The second-order valence-electron chi connectivity index (χ2n) is 7.29. The van der Waals surface area contributed by atoms with Crippen LogP contribution in [0.4, 0.5) is 5.69 Å². The van der Waals surface area contributed by atoms with E-state index >= 15 is 0 Å². The number of carbonyl (C=O) groups excluding carboxylic acids is 3. The predicted molar refractivity (Wildman–Crippen MR) is 132 cm³/mol. The van der Waals surface area contributed by atoms with Gasteiger partial charge in [-0.1, -0.05) is 17.8 Å². The lowest BCUT2D eigenvalue weighted by Crippen LogP contribution is -2.26. The molecule has 0 saturated heterocycles. The Morgan fingerprint density at radius 3 is 2.49 bits per heavy atom. The number of thioether (sulfide) groups is 1. The van der Waals surface area contributed by atoms with Crippen LogP contribution in [0, 0.1) is 0 Å². The molecule has 0 unspecified atom stereocenters. The number of aromatic nitrogens is 3. The van der Waals surface area contributed by atoms with Crippen LogP contribution in [0.15, 0.2) is 53.7 Å². The fraction of sp³-hybridized carbons (Fsp3) is 0.292. The van der Waals surface area contributed by atoms with E-state index in [0.29, 0.717) is 47.2 Å². The second-order valence-corrected chi connectivity index (χ2v) is 8.23. The van der Waals surface area contributed by atoms with Crippen molar-refractivity contribution < 1.29 is 23.9 Å². The van der Waals surface area contributed by atoms with E-state index in [1.54, 1.807) is 55.6 Å². The molecule has 0 aliphatic carbocycles. The molecule has 0 aliphatic heterocycles. The summed E-state index contributed by atoms with van der Waals surface area (Å²) in [5.41, 5.74) is 1.40. The smallest absolute Gasteiger partial charge is 0.337 e. The fourth-order valence-corrected chi connectivity index (χ4v) is 4.05. The number of nitrogens with one attached hydrogen (secondary N) is 2. The number of esters is 1. The molecule has 0 radical (unpaired) electrons. The average molecular weight is 498 g/mol. The summed E-state index contributed by atoms with van der Waals surface area (Å²) in [6.07, 6.45) is 0.496. The molecule has 3 rings (SSSR count). The summed E-state index contributed by atoms with van der Waals surface area (Å²) in [7, 11) is 2.88. The quantitative estimate of drug-likeness (QED) is 0.306. The molecule has 184 valence electrons. The molecule has 0 atom stereocenters. The van der Waals surface area contributed by atoms with Crippen molar-refractivity contribution in [2.24, 2.45) is 0 Å². The van der Waals surface area contributed by atoms with Crippen molar-refractivity contribution in [2.75, 3.05) is 31.8 Å². The van der Waals surface area contributed by atoms with Crippen LogP contribution < -0.4 is 15.4 Å². The average Bonchev–Trinajstić information content (AvgIpc) is 3.28. The van der Waals surface area contributed by atoms with Gasteiger partial charge in [0.05, 0.1) is 25.5 Å². The highest BCUT2D eigenvalue weighted by Gasteiger charge is 2.14. The first kappa shape index (κ1) is 25.8. The van der Waals surface area contributed by atoms with Crippen LogP contribution in [0.5, 0.6) is 5.75 Å². The summed E-state index contributed by atoms with van der Waals surface area (Å²) in [6.45, 7) is 2.98. The lowest BCUT2D eigenvalue weighted by Gasteiger charge is -2.09. The number of hydrogen-bond acceptors (Lipinski definition) is 8. The lowest BCUT2D eigenvalue weighted by molar-refractivity contribution is -0.113. The number of benzene rings is 2. The Morgan fingerprint density at radius 1 is 1.03 bits per heavy atom. The topological polar surface area (TPSA) is 124 Å². The van der Waals surface area contributed by atoms with E-state index in [2.05, 4.69) is 20.8 Å². The third-order valence-electron chi connectivity index (χ3n) is 5.00. The molecule has 1 aromatic heterocycles. The number of amides is 2. The molecular formula is C24H27N5O5S. The molecule has 0 bridgehead atoms. The lowest BCUT2D eigenvalue weighted by atomic mass is 10.2. The Morgan fingerprint density at radius 2 is 1.80 bits per heavy atom. The summed E-state index contributed by atoms with van der Waals surface area (Å²) in [6, 6.07) is 13.4. The van der Waals surface area contributed by atoms with Crippen LogP contribution in [-0.2, 0) is 22.5 Å². The third kappa shape index (κ3) is 7.06. The molecular weight excluding hydrogens is 470 g/mol. The van der Waals surface area contributed by atoms with Gasteiger partial charge < -0.3 is 24.7 Å². The molecule has 3 aromatic rings. The van der Waals surface area contributed by atoms with Gasteiger partial charge in [0.25, 0.3) is 5.91 Å². The van der Waals surface area contributed by atoms with Gasteiger partial charge in [0.1, 0.15) is 11.6 Å². The highest BCUT2D eigenvalue weighted by molar-refractivity contribution is 7.99. The van der Waals surface area contributed by atoms with Crippen LogP contribution in [0.3, 0.4) is 0 Å². The Labute approximate surface area is 207 Å². The molecule has 10 nitrogen and oxygen atoms in total. The summed E-state index contributed by atoms with van der Waals surface area (Å²) < 4.78 is 11.7. The fourth-order valence-electron chi connectivity index (χ4n) is 3.23. The molecule has 2 aromatic carbocycles. The first-order valence-corrected chi connectivity index (χ1v) is 11.9. The van der Waals surface area contributed by atoms with E-state index in [1.165, 1.54) is 18.9 Å². The van der Waals surface area contributed by atoms with Gasteiger partial charge in [-0.25, -0.2) is 4.79 Å². The van der Waals surface area contributed by atoms with Gasteiger partial charge in [-0.2, -0.15) is 0 Å². The SMILES string of the molecule is CCn1c(CCNC(=O)c2ccc(OC)cc2)nnc1SCC(=O)Nc1cccc(C(=O)OC)c1. The molecule has 0 aliphatic rings. The highest BCUT2D eigenvalue weighted by Crippen LogP contribution is 2.19. The summed E-state index contributed by atoms with van der Waals surface area (Å²) in [5, 5.41) is 14.7. The molecule has 2 N–H and O–H groups in total. The summed E-state index contributed by atoms with van der Waals surface area (Å²) >= 11 is 1.26. The number of hydrogen-bond donors (Lipinski definition) is 2. The number of rotatable bonds is 11. The molecule has 1 heterocycles. The van der Waals surface area contributed by atoms with Crippen LogP contribution in [-0.4, -0.2) is 59.1 Å². The third-order valence-corrected chi connectivity index (χ3v) is 5.96. The molecule has 11 heteroatoms. The zero-order valence-electron chi connectivity index (χ0n) is 19.7. The first-order valence-electron chi connectivity index (χ1n) is 10.9. The molecule has 0 spiro atoms. The van der Waals surface area contributed by atoms with Crippen molar-refractivity contribution in [3.8, 4) is 5.75 Å². The Kier molecular flexibility index (Phi) is 9.24. The predicted octanol–water partition coefficient (Wildman–Crippen LogP) is 2.80. The van der Waals surface area contributed by atoms with Gasteiger partial charge in [0, 0.05) is 30.8 Å². The van der Waals surface area contributed by atoms with Crippen LogP contribution in [0.1, 0.15) is 33.5 Å². The number of nitrogens with zero attached hydrogens (tertiary/aromatic N) is 3. The van der Waals surface area contributed by atoms with E-state index in [-0.39, 0.29) is 17.6 Å². The highest BCUT2D eigenvalue weighted by atomic mass is 32.2. The van der Waals surface area contributed by atoms with Crippen molar-refractivity contribution >= 4 is 35.2 Å². The molecule has 0 fully saturated rings.